The SMILES string of the molecule is COc1cccc(C2C3C(=O)N(c4ccccc4)C(=O)C3ON2c2ccccc2)c1. The number of imide groups is 1. The number of amides is 2. The predicted molar refractivity (Wildman–Crippen MR) is 112 cm³/mol. The molecule has 0 spiro atoms. The van der Waals surface area contributed by atoms with Crippen LogP contribution in [0, 0.1) is 5.92 Å². The van der Waals surface area contributed by atoms with E-state index in [9.17, 15) is 9.59 Å². The zero-order valence-electron chi connectivity index (χ0n) is 16.3. The molecule has 0 bridgehead atoms. The Hall–Kier alpha value is -3.64. The summed E-state index contributed by atoms with van der Waals surface area (Å²) in [6, 6.07) is 25.6. The highest BCUT2D eigenvalue weighted by Crippen LogP contribution is 2.47. The van der Waals surface area contributed by atoms with Crippen LogP contribution >= 0.6 is 0 Å². The summed E-state index contributed by atoms with van der Waals surface area (Å²) in [5.74, 6) is -0.587. The van der Waals surface area contributed by atoms with Crippen molar-refractivity contribution in [2.24, 2.45) is 5.92 Å². The molecule has 3 aromatic rings. The van der Waals surface area contributed by atoms with Crippen LogP contribution in [0.1, 0.15) is 11.6 Å². The molecule has 0 radical (unpaired) electrons. The molecular formula is C24H20N2O4. The first-order chi connectivity index (χ1) is 14.7. The summed E-state index contributed by atoms with van der Waals surface area (Å²) < 4.78 is 5.38. The molecule has 3 aromatic carbocycles. The van der Waals surface area contributed by atoms with Gasteiger partial charge < -0.3 is 4.74 Å². The van der Waals surface area contributed by atoms with E-state index in [1.54, 1.807) is 36.4 Å². The molecule has 2 heterocycles. The molecule has 150 valence electrons. The van der Waals surface area contributed by atoms with Gasteiger partial charge in [-0.2, -0.15) is 0 Å². The molecule has 0 N–H and O–H groups in total. The Morgan fingerprint density at radius 1 is 0.800 bits per heavy atom. The van der Waals surface area contributed by atoms with E-state index in [1.807, 2.05) is 60.7 Å². The third-order valence-electron chi connectivity index (χ3n) is 5.58. The number of hydrogen-bond acceptors (Lipinski definition) is 5. The molecule has 5 rings (SSSR count). The summed E-state index contributed by atoms with van der Waals surface area (Å²) in [5.41, 5.74) is 2.19. The summed E-state index contributed by atoms with van der Waals surface area (Å²) in [5, 5.41) is 1.68. The molecule has 2 saturated heterocycles. The summed E-state index contributed by atoms with van der Waals surface area (Å²) in [7, 11) is 1.60. The third-order valence-corrected chi connectivity index (χ3v) is 5.58. The van der Waals surface area contributed by atoms with E-state index in [-0.39, 0.29) is 11.8 Å². The van der Waals surface area contributed by atoms with Crippen molar-refractivity contribution < 1.29 is 19.2 Å². The maximum Gasteiger partial charge on any atom is 0.266 e. The first-order valence-corrected chi connectivity index (χ1v) is 9.77. The molecule has 2 amide bonds. The lowest BCUT2D eigenvalue weighted by atomic mass is 9.90. The smallest absolute Gasteiger partial charge is 0.266 e. The highest BCUT2D eigenvalue weighted by Gasteiger charge is 2.60. The van der Waals surface area contributed by atoms with E-state index in [1.165, 1.54) is 4.90 Å². The molecule has 3 unspecified atom stereocenters. The molecular weight excluding hydrogens is 380 g/mol. The van der Waals surface area contributed by atoms with Crippen LogP contribution < -0.4 is 14.7 Å². The molecule has 0 aliphatic carbocycles. The van der Waals surface area contributed by atoms with E-state index in [0.717, 1.165) is 11.3 Å². The molecule has 2 aliphatic heterocycles. The van der Waals surface area contributed by atoms with E-state index in [0.29, 0.717) is 11.4 Å². The van der Waals surface area contributed by atoms with E-state index < -0.39 is 18.1 Å². The average Bonchev–Trinajstić information content (AvgIpc) is 3.31. The second-order valence-electron chi connectivity index (χ2n) is 7.28. The lowest BCUT2D eigenvalue weighted by Crippen LogP contribution is -2.37. The molecule has 2 aliphatic rings. The topological polar surface area (TPSA) is 59.1 Å². The van der Waals surface area contributed by atoms with Crippen LogP contribution in [0.4, 0.5) is 11.4 Å². The van der Waals surface area contributed by atoms with Gasteiger partial charge >= 0.3 is 0 Å². The van der Waals surface area contributed by atoms with Gasteiger partial charge in [-0.15, -0.1) is 0 Å². The van der Waals surface area contributed by atoms with E-state index >= 15 is 0 Å². The number of para-hydroxylation sites is 2. The van der Waals surface area contributed by atoms with Crippen molar-refractivity contribution in [3.8, 4) is 5.75 Å². The predicted octanol–water partition coefficient (Wildman–Crippen LogP) is 3.75. The van der Waals surface area contributed by atoms with Crippen LogP contribution in [0.3, 0.4) is 0 Å². The molecule has 6 nitrogen and oxygen atoms in total. The lowest BCUT2D eigenvalue weighted by Gasteiger charge is -2.29. The number of fused-ring (bicyclic) bond motifs is 1. The molecule has 0 aromatic heterocycles. The maximum atomic E-state index is 13.5. The molecule has 6 heteroatoms. The Labute approximate surface area is 174 Å². The second kappa shape index (κ2) is 7.31. The van der Waals surface area contributed by atoms with Crippen molar-refractivity contribution in [2.45, 2.75) is 12.1 Å². The summed E-state index contributed by atoms with van der Waals surface area (Å²) >= 11 is 0. The van der Waals surface area contributed by atoms with Crippen molar-refractivity contribution in [1.82, 2.24) is 0 Å². The number of ether oxygens (including phenoxy) is 1. The summed E-state index contributed by atoms with van der Waals surface area (Å²) in [6.07, 6.45) is -0.880. The number of methoxy groups -OCH3 is 1. The fraction of sp³-hybridized carbons (Fsp3) is 0.167. The van der Waals surface area contributed by atoms with Crippen molar-refractivity contribution in [3.63, 3.8) is 0 Å². The number of rotatable bonds is 4. The van der Waals surface area contributed by atoms with Crippen LogP contribution in [0.5, 0.6) is 5.75 Å². The van der Waals surface area contributed by atoms with Gasteiger partial charge in [0.05, 0.1) is 24.5 Å². The number of carbonyl (C=O) groups excluding carboxylic acids is 2. The Balaban J connectivity index is 1.60. The first-order valence-electron chi connectivity index (χ1n) is 9.77. The fourth-order valence-corrected chi connectivity index (χ4v) is 4.21. The Kier molecular flexibility index (Phi) is 4.48. The van der Waals surface area contributed by atoms with Gasteiger partial charge in [-0.3, -0.25) is 14.4 Å². The largest absolute Gasteiger partial charge is 0.497 e. The minimum absolute atomic E-state index is 0.262. The second-order valence-corrected chi connectivity index (χ2v) is 7.28. The van der Waals surface area contributed by atoms with Gasteiger partial charge in [0.25, 0.3) is 5.91 Å². The van der Waals surface area contributed by atoms with Crippen LogP contribution in [-0.4, -0.2) is 25.0 Å². The average molecular weight is 400 g/mol. The number of nitrogens with zero attached hydrogens (tertiary/aromatic N) is 2. The molecule has 0 saturated carbocycles. The van der Waals surface area contributed by atoms with E-state index in [4.69, 9.17) is 9.57 Å². The number of anilines is 2. The summed E-state index contributed by atoms with van der Waals surface area (Å²) in [4.78, 5) is 34.1. The van der Waals surface area contributed by atoms with Crippen molar-refractivity contribution in [1.29, 1.82) is 0 Å². The van der Waals surface area contributed by atoms with Crippen LogP contribution in [0.2, 0.25) is 0 Å². The zero-order valence-corrected chi connectivity index (χ0v) is 16.3. The van der Waals surface area contributed by atoms with Crippen LogP contribution in [0.15, 0.2) is 84.9 Å². The normalized spacial score (nSPS) is 23.0. The minimum atomic E-state index is -0.880. The number of benzene rings is 3. The lowest BCUT2D eigenvalue weighted by molar-refractivity contribution is -0.126. The highest BCUT2D eigenvalue weighted by molar-refractivity contribution is 6.23. The quantitative estimate of drug-likeness (QED) is 0.625. The Bertz CT molecular complexity index is 1090. The summed E-state index contributed by atoms with van der Waals surface area (Å²) in [6.45, 7) is 0. The van der Waals surface area contributed by atoms with Gasteiger partial charge in [-0.1, -0.05) is 48.5 Å². The molecule has 30 heavy (non-hydrogen) atoms. The zero-order chi connectivity index (χ0) is 20.7. The van der Waals surface area contributed by atoms with Crippen molar-refractivity contribution in [3.05, 3.63) is 90.5 Å². The first kappa shape index (κ1) is 18.4. The monoisotopic (exact) mass is 400 g/mol. The Morgan fingerprint density at radius 3 is 2.13 bits per heavy atom. The van der Waals surface area contributed by atoms with E-state index in [2.05, 4.69) is 0 Å². The molecule has 2 fully saturated rings. The van der Waals surface area contributed by atoms with Crippen molar-refractivity contribution in [2.75, 3.05) is 17.1 Å². The minimum Gasteiger partial charge on any atom is -0.497 e. The van der Waals surface area contributed by atoms with Crippen LogP contribution in [-0.2, 0) is 14.4 Å². The van der Waals surface area contributed by atoms with Gasteiger partial charge in [-0.25, -0.2) is 9.96 Å². The van der Waals surface area contributed by atoms with Gasteiger partial charge in [0.1, 0.15) is 11.7 Å². The number of hydrogen-bond donors (Lipinski definition) is 0. The van der Waals surface area contributed by atoms with Crippen LogP contribution in [0.25, 0.3) is 0 Å². The third kappa shape index (κ3) is 2.84. The van der Waals surface area contributed by atoms with Crippen molar-refractivity contribution >= 4 is 23.2 Å². The molecule has 3 atom stereocenters. The number of hydroxylamine groups is 1. The van der Waals surface area contributed by atoms with Gasteiger partial charge in [0.2, 0.25) is 5.91 Å². The van der Waals surface area contributed by atoms with Gasteiger partial charge in [-0.05, 0) is 42.0 Å². The Morgan fingerprint density at radius 2 is 1.47 bits per heavy atom. The number of carbonyl (C=O) groups is 2. The van der Waals surface area contributed by atoms with Gasteiger partial charge in [0, 0.05) is 0 Å². The fourth-order valence-electron chi connectivity index (χ4n) is 4.21. The van der Waals surface area contributed by atoms with Gasteiger partial charge in [0.15, 0.2) is 6.10 Å². The maximum absolute atomic E-state index is 13.5. The highest BCUT2D eigenvalue weighted by atomic mass is 16.7. The standard InChI is InChI=1S/C24H20N2O4/c1-29-19-14-8-9-16(15-19)21-20-22(30-26(21)18-12-6-3-7-13-18)24(28)25(23(20)27)17-10-4-2-5-11-17/h2-15,20-22H,1H3.